The molecule has 0 N–H and O–H groups in total. The van der Waals surface area contributed by atoms with Gasteiger partial charge in [-0.3, -0.25) is 4.99 Å². The molecular formula is C7H7N. The molecule has 1 rings (SSSR count). The maximum atomic E-state index is 7.16. The van der Waals surface area contributed by atoms with Gasteiger partial charge in [0.05, 0.1) is 1.37 Å². The lowest BCUT2D eigenvalue weighted by molar-refractivity contribution is 1.58. The molecule has 1 aliphatic rings. The van der Waals surface area contributed by atoms with E-state index in [1.165, 1.54) is 0 Å². The molecule has 0 radical (unpaired) electrons. The first kappa shape index (κ1) is 3.84. The highest BCUT2D eigenvalue weighted by molar-refractivity contribution is 5.72. The fourth-order valence-corrected chi connectivity index (χ4v) is 0.402. The summed E-state index contributed by atoms with van der Waals surface area (Å²) in [5.74, 6) is 0. The van der Waals surface area contributed by atoms with Gasteiger partial charge in [0.25, 0.3) is 0 Å². The van der Waals surface area contributed by atoms with Gasteiger partial charge in [-0.25, -0.2) is 0 Å². The van der Waals surface area contributed by atoms with Crippen LogP contribution in [0.15, 0.2) is 41.5 Å². The summed E-state index contributed by atoms with van der Waals surface area (Å²) in [6, 6.07) is 0.475. The van der Waals surface area contributed by atoms with Crippen LogP contribution in [0.3, 0.4) is 0 Å². The predicted molar refractivity (Wildman–Crippen MR) is 35.9 cm³/mol. The minimum absolute atomic E-state index is 0.475. The van der Waals surface area contributed by atoms with Gasteiger partial charge in [0.1, 0.15) is 0 Å². The molecule has 0 amide bonds. The van der Waals surface area contributed by atoms with Crippen molar-refractivity contribution in [1.82, 2.24) is 0 Å². The number of rotatable bonds is 0. The smallest absolute Gasteiger partial charge is 0.0623 e. The highest BCUT2D eigenvalue weighted by Crippen LogP contribution is 1.83. The number of allylic oxidation sites excluding steroid dienone is 5. The lowest BCUT2D eigenvalue weighted by atomic mass is 10.4. The second-order valence-electron chi connectivity index (χ2n) is 1.33. The summed E-state index contributed by atoms with van der Waals surface area (Å²) in [4.78, 5) is 3.83. The van der Waals surface area contributed by atoms with Gasteiger partial charge in [-0.15, -0.1) is 0 Å². The molecule has 0 saturated heterocycles. The van der Waals surface area contributed by atoms with E-state index in [1.54, 1.807) is 36.7 Å². The van der Waals surface area contributed by atoms with Crippen molar-refractivity contribution in [3.05, 3.63) is 36.6 Å². The molecule has 1 heterocycles. The van der Waals surface area contributed by atoms with Crippen LogP contribution in [0, 0.1) is 0 Å². The number of hydrogen-bond acceptors (Lipinski definition) is 1. The third-order valence-corrected chi connectivity index (χ3v) is 0.733. The van der Waals surface area contributed by atoms with Crippen molar-refractivity contribution in [1.29, 1.82) is 0 Å². The van der Waals surface area contributed by atoms with E-state index >= 15 is 0 Å². The summed E-state index contributed by atoms with van der Waals surface area (Å²) in [7, 11) is 0. The Hall–Kier alpha value is -1.11. The van der Waals surface area contributed by atoms with Crippen molar-refractivity contribution < 1.29 is 1.37 Å². The van der Waals surface area contributed by atoms with Gasteiger partial charge in [0, 0.05) is 12.4 Å². The molecule has 0 aromatic heterocycles. The monoisotopic (exact) mass is 106 g/mol. The summed E-state index contributed by atoms with van der Waals surface area (Å²) in [5, 5.41) is 0. The minimum Gasteiger partial charge on any atom is -0.265 e. The van der Waals surface area contributed by atoms with Crippen LogP contribution >= 0.6 is 0 Å². The molecule has 1 heteroatoms. The Labute approximate surface area is 50.2 Å². The predicted octanol–water partition coefficient (Wildman–Crippen LogP) is 1.70. The van der Waals surface area contributed by atoms with Crippen molar-refractivity contribution in [3.8, 4) is 0 Å². The van der Waals surface area contributed by atoms with Crippen molar-refractivity contribution in [2.45, 2.75) is 0 Å². The topological polar surface area (TPSA) is 12.4 Å². The first-order valence-corrected chi connectivity index (χ1v) is 2.43. The van der Waals surface area contributed by atoms with Crippen LogP contribution in [0.1, 0.15) is 1.37 Å². The van der Waals surface area contributed by atoms with Crippen LogP contribution in [0.4, 0.5) is 0 Å². The van der Waals surface area contributed by atoms with Crippen LogP contribution in [-0.2, 0) is 0 Å². The number of aliphatic imine (C=N–C) groups is 1. The van der Waals surface area contributed by atoms with Crippen LogP contribution in [-0.4, -0.2) is 6.21 Å². The molecular weight excluding hydrogens is 98.1 g/mol. The van der Waals surface area contributed by atoms with E-state index in [2.05, 4.69) is 4.99 Å². The summed E-state index contributed by atoms with van der Waals surface area (Å²) >= 11 is 0. The third-order valence-electron chi connectivity index (χ3n) is 0.733. The molecule has 0 fully saturated rings. The SMILES string of the molecule is [2H]C1=CC=CC=NC=C1. The van der Waals surface area contributed by atoms with Crippen molar-refractivity contribution in [2.75, 3.05) is 0 Å². The lowest BCUT2D eigenvalue weighted by Crippen LogP contribution is -1.63. The maximum Gasteiger partial charge on any atom is 0.0623 e. The number of nitrogens with zero attached hydrogens (tertiary/aromatic N) is 1. The molecule has 0 aliphatic carbocycles. The molecule has 0 aromatic carbocycles. The standard InChI is InChI=1S/C7H7N/c1-2-4-6-8-7-5-3-1/h1-7H/i2D. The van der Waals surface area contributed by atoms with Crippen LogP contribution in [0.2, 0.25) is 0 Å². The molecule has 1 aliphatic heterocycles. The quantitative estimate of drug-likeness (QED) is 0.445. The van der Waals surface area contributed by atoms with Gasteiger partial charge in [0.15, 0.2) is 0 Å². The third kappa shape index (κ3) is 1.56. The van der Waals surface area contributed by atoms with Crippen molar-refractivity contribution >= 4 is 6.21 Å². The van der Waals surface area contributed by atoms with E-state index in [1.807, 2.05) is 0 Å². The molecule has 1 nitrogen and oxygen atoms in total. The Balaban J connectivity index is 2.77. The highest BCUT2D eigenvalue weighted by Gasteiger charge is 1.65. The Morgan fingerprint density at radius 1 is 1.12 bits per heavy atom. The van der Waals surface area contributed by atoms with E-state index in [4.69, 9.17) is 1.37 Å². The van der Waals surface area contributed by atoms with Crippen molar-refractivity contribution in [2.24, 2.45) is 4.99 Å². The van der Waals surface area contributed by atoms with Gasteiger partial charge in [-0.2, -0.15) is 0 Å². The van der Waals surface area contributed by atoms with E-state index in [9.17, 15) is 0 Å². The highest BCUT2D eigenvalue weighted by atomic mass is 14.6. The largest absolute Gasteiger partial charge is 0.265 e. The van der Waals surface area contributed by atoms with Gasteiger partial charge < -0.3 is 0 Å². The van der Waals surface area contributed by atoms with Gasteiger partial charge in [-0.1, -0.05) is 18.2 Å². The molecule has 0 aromatic rings. The zero-order valence-corrected chi connectivity index (χ0v) is 4.41. The summed E-state index contributed by atoms with van der Waals surface area (Å²) in [5.41, 5.74) is 0. The van der Waals surface area contributed by atoms with Crippen LogP contribution in [0.5, 0.6) is 0 Å². The van der Waals surface area contributed by atoms with E-state index in [0.29, 0.717) is 6.05 Å². The normalized spacial score (nSPS) is 19.0. The molecule has 0 atom stereocenters. The van der Waals surface area contributed by atoms with Gasteiger partial charge >= 0.3 is 0 Å². The zero-order valence-electron chi connectivity index (χ0n) is 5.41. The van der Waals surface area contributed by atoms with E-state index < -0.39 is 0 Å². The lowest BCUT2D eigenvalue weighted by Gasteiger charge is -1.77. The summed E-state index contributed by atoms with van der Waals surface area (Å²) in [6.07, 6.45) is 10.2. The molecule has 0 saturated carbocycles. The Bertz CT molecular complexity index is 199. The molecule has 40 valence electrons. The number of hydrogen-bond donors (Lipinski definition) is 0. The average Bonchev–Trinajstić information content (AvgIpc) is 1.79. The van der Waals surface area contributed by atoms with Crippen LogP contribution in [0.25, 0.3) is 0 Å². The van der Waals surface area contributed by atoms with Gasteiger partial charge in [0.2, 0.25) is 0 Å². The maximum absolute atomic E-state index is 7.16. The summed E-state index contributed by atoms with van der Waals surface area (Å²) < 4.78 is 7.16. The van der Waals surface area contributed by atoms with E-state index in [0.717, 1.165) is 0 Å². The zero-order chi connectivity index (χ0) is 6.53. The molecule has 0 spiro atoms. The fourth-order valence-electron chi connectivity index (χ4n) is 0.402. The molecule has 0 bridgehead atoms. The Kier molecular flexibility index (Phi) is 1.42. The fraction of sp³-hybridized carbons (Fsp3) is 0. The van der Waals surface area contributed by atoms with Crippen molar-refractivity contribution in [3.63, 3.8) is 0 Å². The second-order valence-corrected chi connectivity index (χ2v) is 1.33. The molecule has 8 heavy (non-hydrogen) atoms. The van der Waals surface area contributed by atoms with Crippen LogP contribution < -0.4 is 0 Å². The average molecular weight is 106 g/mol. The van der Waals surface area contributed by atoms with E-state index in [-0.39, 0.29) is 0 Å². The first-order chi connectivity index (χ1) is 4.39. The first-order valence-electron chi connectivity index (χ1n) is 2.93. The Morgan fingerprint density at radius 3 is 3.12 bits per heavy atom. The minimum atomic E-state index is 0.475. The van der Waals surface area contributed by atoms with Gasteiger partial charge in [-0.05, 0) is 12.2 Å². The molecule has 0 unspecified atom stereocenters. The Morgan fingerprint density at radius 2 is 2.12 bits per heavy atom. The summed E-state index contributed by atoms with van der Waals surface area (Å²) in [6.45, 7) is 0. The second kappa shape index (κ2) is 2.97.